The van der Waals surface area contributed by atoms with Crippen LogP contribution in [0.5, 0.6) is 5.88 Å². The zero-order chi connectivity index (χ0) is 12.4. The maximum absolute atomic E-state index is 9.87. The Kier molecular flexibility index (Phi) is 3.17. The highest BCUT2D eigenvalue weighted by molar-refractivity contribution is 5.48. The van der Waals surface area contributed by atoms with E-state index >= 15 is 0 Å². The Hall–Kier alpha value is -1.59. The fourth-order valence-corrected chi connectivity index (χ4v) is 2.35. The third-order valence-corrected chi connectivity index (χ3v) is 3.36. The molecule has 18 heavy (non-hydrogen) atoms. The second kappa shape index (κ2) is 4.96. The van der Waals surface area contributed by atoms with E-state index in [2.05, 4.69) is 9.88 Å². The smallest absolute Gasteiger partial charge is 0.197 e. The predicted octanol–water partition coefficient (Wildman–Crippen LogP) is 0.915. The summed E-state index contributed by atoms with van der Waals surface area (Å²) in [6.07, 6.45) is 2.64. The molecule has 1 saturated heterocycles. The molecule has 3 rings (SSSR count). The van der Waals surface area contributed by atoms with Crippen LogP contribution in [0.4, 0.5) is 0 Å². The Balaban J connectivity index is 1.74. The van der Waals surface area contributed by atoms with Gasteiger partial charge < -0.3 is 9.84 Å². The van der Waals surface area contributed by atoms with Crippen molar-refractivity contribution in [3.8, 4) is 5.88 Å². The van der Waals surface area contributed by atoms with Crippen LogP contribution in [0.1, 0.15) is 5.82 Å². The molecule has 0 atom stereocenters. The molecule has 5 nitrogen and oxygen atoms in total. The molecule has 1 aliphatic heterocycles. The number of hydrogen-bond acceptors (Lipinski definition) is 4. The average molecular weight is 247 g/mol. The third-order valence-electron chi connectivity index (χ3n) is 3.36. The minimum absolute atomic E-state index is 0.252. The molecule has 1 aliphatic rings. The lowest BCUT2D eigenvalue weighted by atomic mass is 10.3. The van der Waals surface area contributed by atoms with E-state index in [-0.39, 0.29) is 5.88 Å². The van der Waals surface area contributed by atoms with Crippen molar-refractivity contribution in [2.75, 3.05) is 32.8 Å². The lowest BCUT2D eigenvalue weighted by molar-refractivity contribution is 0.0382. The number of aromatic hydroxyl groups is 1. The van der Waals surface area contributed by atoms with Crippen LogP contribution < -0.4 is 0 Å². The van der Waals surface area contributed by atoms with Gasteiger partial charge in [-0.1, -0.05) is 6.07 Å². The highest BCUT2D eigenvalue weighted by Crippen LogP contribution is 2.16. The first kappa shape index (κ1) is 11.5. The van der Waals surface area contributed by atoms with E-state index in [1.54, 1.807) is 16.7 Å². The molecular weight excluding hydrogens is 230 g/mol. The molecule has 2 aromatic heterocycles. The summed E-state index contributed by atoms with van der Waals surface area (Å²) in [5, 5.41) is 9.87. The zero-order valence-electron chi connectivity index (χ0n) is 10.2. The Morgan fingerprint density at radius 2 is 2.11 bits per heavy atom. The Morgan fingerprint density at radius 3 is 2.94 bits per heavy atom. The van der Waals surface area contributed by atoms with Gasteiger partial charge in [0.15, 0.2) is 5.88 Å². The highest BCUT2D eigenvalue weighted by atomic mass is 16.5. The normalized spacial score (nSPS) is 17.3. The monoisotopic (exact) mass is 247 g/mol. The van der Waals surface area contributed by atoms with Gasteiger partial charge in [0.25, 0.3) is 0 Å². The van der Waals surface area contributed by atoms with Gasteiger partial charge in [0, 0.05) is 26.1 Å². The molecule has 0 aromatic carbocycles. The summed E-state index contributed by atoms with van der Waals surface area (Å²) >= 11 is 0. The molecule has 1 N–H and O–H groups in total. The summed E-state index contributed by atoms with van der Waals surface area (Å²) in [4.78, 5) is 6.75. The first-order valence-electron chi connectivity index (χ1n) is 6.29. The zero-order valence-corrected chi connectivity index (χ0v) is 10.2. The Bertz CT molecular complexity index is 532. The SMILES string of the molecule is Oc1cccc2cnc(CCN3CCOCC3)n12. The van der Waals surface area contributed by atoms with E-state index in [1.165, 1.54) is 0 Å². The van der Waals surface area contributed by atoms with Gasteiger partial charge >= 0.3 is 0 Å². The topological polar surface area (TPSA) is 50.0 Å². The molecule has 3 heterocycles. The number of ether oxygens (including phenoxy) is 1. The molecule has 0 spiro atoms. The van der Waals surface area contributed by atoms with Gasteiger partial charge in [-0.2, -0.15) is 0 Å². The van der Waals surface area contributed by atoms with Gasteiger partial charge in [0.05, 0.1) is 24.9 Å². The van der Waals surface area contributed by atoms with Crippen LogP contribution in [0.25, 0.3) is 5.52 Å². The minimum Gasteiger partial charge on any atom is -0.494 e. The molecule has 0 aliphatic carbocycles. The summed E-state index contributed by atoms with van der Waals surface area (Å²) in [6.45, 7) is 4.54. The minimum atomic E-state index is 0.252. The van der Waals surface area contributed by atoms with Crippen molar-refractivity contribution in [1.82, 2.24) is 14.3 Å². The molecule has 1 fully saturated rings. The van der Waals surface area contributed by atoms with Crippen molar-refractivity contribution in [3.05, 3.63) is 30.2 Å². The average Bonchev–Trinajstić information content (AvgIpc) is 2.82. The van der Waals surface area contributed by atoms with Crippen molar-refractivity contribution < 1.29 is 9.84 Å². The van der Waals surface area contributed by atoms with Gasteiger partial charge in [-0.15, -0.1) is 0 Å². The lowest BCUT2D eigenvalue weighted by Gasteiger charge is -2.26. The van der Waals surface area contributed by atoms with Crippen molar-refractivity contribution in [1.29, 1.82) is 0 Å². The number of hydrogen-bond donors (Lipinski definition) is 1. The molecule has 0 saturated carbocycles. The second-order valence-corrected chi connectivity index (χ2v) is 4.52. The van der Waals surface area contributed by atoms with Crippen LogP contribution in [0.3, 0.4) is 0 Å². The van der Waals surface area contributed by atoms with Gasteiger partial charge in [-0.05, 0) is 12.1 Å². The fraction of sp³-hybridized carbons (Fsp3) is 0.462. The van der Waals surface area contributed by atoms with E-state index < -0.39 is 0 Å². The highest BCUT2D eigenvalue weighted by Gasteiger charge is 2.12. The van der Waals surface area contributed by atoms with Crippen LogP contribution in [0, 0.1) is 0 Å². The number of imidazole rings is 1. The third kappa shape index (κ3) is 2.19. The summed E-state index contributed by atoms with van der Waals surface area (Å²) in [7, 11) is 0. The van der Waals surface area contributed by atoms with E-state index in [0.717, 1.165) is 50.6 Å². The van der Waals surface area contributed by atoms with E-state index in [0.29, 0.717) is 0 Å². The van der Waals surface area contributed by atoms with Crippen LogP contribution in [0.2, 0.25) is 0 Å². The summed E-state index contributed by atoms with van der Waals surface area (Å²) < 4.78 is 7.13. The van der Waals surface area contributed by atoms with Crippen LogP contribution in [-0.4, -0.2) is 52.2 Å². The molecule has 0 bridgehead atoms. The molecule has 96 valence electrons. The molecule has 0 radical (unpaired) electrons. The first-order valence-corrected chi connectivity index (χ1v) is 6.29. The van der Waals surface area contributed by atoms with Crippen molar-refractivity contribution >= 4 is 5.52 Å². The maximum atomic E-state index is 9.87. The standard InChI is InChI=1S/C13H17N3O2/c17-13-3-1-2-11-10-14-12(16(11)13)4-5-15-6-8-18-9-7-15/h1-3,10,17H,4-9H2. The van der Waals surface area contributed by atoms with Gasteiger partial charge in [-0.3, -0.25) is 9.30 Å². The van der Waals surface area contributed by atoms with E-state index in [1.807, 2.05) is 12.1 Å². The quantitative estimate of drug-likeness (QED) is 0.876. The molecular formula is C13H17N3O2. The number of nitrogens with zero attached hydrogens (tertiary/aromatic N) is 3. The van der Waals surface area contributed by atoms with E-state index in [9.17, 15) is 5.11 Å². The Labute approximate surface area is 106 Å². The van der Waals surface area contributed by atoms with Crippen LogP contribution in [-0.2, 0) is 11.2 Å². The van der Waals surface area contributed by atoms with Crippen molar-refractivity contribution in [3.63, 3.8) is 0 Å². The van der Waals surface area contributed by atoms with Crippen LogP contribution >= 0.6 is 0 Å². The van der Waals surface area contributed by atoms with Crippen LogP contribution in [0.15, 0.2) is 24.4 Å². The fourth-order valence-electron chi connectivity index (χ4n) is 2.35. The van der Waals surface area contributed by atoms with Gasteiger partial charge in [0.2, 0.25) is 0 Å². The summed E-state index contributed by atoms with van der Waals surface area (Å²) in [5.74, 6) is 1.16. The predicted molar refractivity (Wildman–Crippen MR) is 67.8 cm³/mol. The number of morpholine rings is 1. The lowest BCUT2D eigenvalue weighted by Crippen LogP contribution is -2.37. The number of rotatable bonds is 3. The largest absolute Gasteiger partial charge is 0.494 e. The molecule has 2 aromatic rings. The summed E-state index contributed by atoms with van der Waals surface area (Å²) in [6, 6.07) is 5.47. The molecule has 5 heteroatoms. The molecule has 0 amide bonds. The van der Waals surface area contributed by atoms with Crippen molar-refractivity contribution in [2.45, 2.75) is 6.42 Å². The first-order chi connectivity index (χ1) is 8.84. The number of pyridine rings is 1. The molecule has 0 unspecified atom stereocenters. The van der Waals surface area contributed by atoms with Crippen molar-refractivity contribution in [2.24, 2.45) is 0 Å². The number of aromatic nitrogens is 2. The number of fused-ring (bicyclic) bond motifs is 1. The van der Waals surface area contributed by atoms with Gasteiger partial charge in [0.1, 0.15) is 5.82 Å². The Morgan fingerprint density at radius 1 is 1.28 bits per heavy atom. The maximum Gasteiger partial charge on any atom is 0.197 e. The second-order valence-electron chi connectivity index (χ2n) is 4.52. The van der Waals surface area contributed by atoms with E-state index in [4.69, 9.17) is 4.74 Å². The van der Waals surface area contributed by atoms with Gasteiger partial charge in [-0.25, -0.2) is 4.98 Å². The summed E-state index contributed by atoms with van der Waals surface area (Å²) in [5.41, 5.74) is 0.937.